The summed E-state index contributed by atoms with van der Waals surface area (Å²) < 4.78 is 1.89. The molecule has 0 saturated carbocycles. The number of rotatable bonds is 2. The molecule has 2 aromatic carbocycles. The highest BCUT2D eigenvalue weighted by Crippen LogP contribution is 2.45. The average Bonchev–Trinajstić information content (AvgIpc) is 3.03. The van der Waals surface area contributed by atoms with E-state index in [0.717, 1.165) is 28.2 Å². The molecule has 3 aromatic rings. The third-order valence-corrected chi connectivity index (χ3v) is 4.96. The number of aryl methyl sites for hydroxylation is 1. The van der Waals surface area contributed by atoms with E-state index in [1.165, 1.54) is 0 Å². The first-order valence-electron chi connectivity index (χ1n) is 8.04. The molecule has 0 spiro atoms. The second-order valence-corrected chi connectivity index (χ2v) is 6.25. The van der Waals surface area contributed by atoms with E-state index in [1.807, 2.05) is 86.2 Å². The molecule has 0 atom stereocenters. The summed E-state index contributed by atoms with van der Waals surface area (Å²) in [7, 11) is 1.83. The Morgan fingerprint density at radius 1 is 0.875 bits per heavy atom. The fourth-order valence-electron chi connectivity index (χ4n) is 3.67. The molecule has 0 saturated heterocycles. The van der Waals surface area contributed by atoms with Crippen molar-refractivity contribution in [2.24, 2.45) is 0 Å². The molecule has 0 radical (unpaired) electrons. The fourth-order valence-corrected chi connectivity index (χ4v) is 3.67. The zero-order valence-electron chi connectivity index (χ0n) is 14.0. The molecular formula is C20H19N3O. The van der Waals surface area contributed by atoms with E-state index < -0.39 is 5.54 Å². The largest absolute Gasteiger partial charge is 0.297 e. The molecule has 0 bridgehead atoms. The minimum atomic E-state index is -0.953. The third kappa shape index (κ3) is 1.68. The molecular weight excluding hydrogens is 298 g/mol. The summed E-state index contributed by atoms with van der Waals surface area (Å²) in [6.07, 6.45) is 0. The number of likely N-dealkylation sites (N-methyl/N-ethyl adjacent to an activating group) is 1. The molecule has 4 heteroatoms. The molecule has 0 aliphatic carbocycles. The van der Waals surface area contributed by atoms with Crippen LogP contribution in [0.1, 0.15) is 22.4 Å². The monoisotopic (exact) mass is 317 g/mol. The average molecular weight is 317 g/mol. The highest BCUT2D eigenvalue weighted by atomic mass is 16.2. The number of benzene rings is 2. The van der Waals surface area contributed by atoms with Crippen LogP contribution in [-0.4, -0.2) is 22.7 Å². The molecule has 1 aliphatic heterocycles. The van der Waals surface area contributed by atoms with Crippen molar-refractivity contribution >= 4 is 11.7 Å². The van der Waals surface area contributed by atoms with Gasteiger partial charge in [0.25, 0.3) is 5.91 Å². The summed E-state index contributed by atoms with van der Waals surface area (Å²) in [5.41, 5.74) is 2.88. The van der Waals surface area contributed by atoms with Crippen molar-refractivity contribution < 1.29 is 4.79 Å². The van der Waals surface area contributed by atoms with E-state index in [1.54, 1.807) is 4.90 Å². The van der Waals surface area contributed by atoms with Crippen LogP contribution in [0.2, 0.25) is 0 Å². The first-order valence-corrected chi connectivity index (χ1v) is 8.04. The van der Waals surface area contributed by atoms with Gasteiger partial charge >= 0.3 is 0 Å². The van der Waals surface area contributed by atoms with Crippen molar-refractivity contribution in [2.75, 3.05) is 11.9 Å². The van der Waals surface area contributed by atoms with Gasteiger partial charge < -0.3 is 0 Å². The van der Waals surface area contributed by atoms with Crippen LogP contribution in [0.5, 0.6) is 0 Å². The standard InChI is InChI=1S/C20H19N3O/c1-14-15(2)21-23-18(14)22(3)19(24)20(23,16-10-6-4-7-11-16)17-12-8-5-9-13-17/h4-13H,1-3H3. The third-order valence-electron chi connectivity index (χ3n) is 4.96. The van der Waals surface area contributed by atoms with Gasteiger partial charge in [0, 0.05) is 12.6 Å². The van der Waals surface area contributed by atoms with E-state index in [0.29, 0.717) is 0 Å². The maximum Gasteiger partial charge on any atom is 0.265 e. The molecule has 4 nitrogen and oxygen atoms in total. The van der Waals surface area contributed by atoms with Crippen LogP contribution in [0.15, 0.2) is 60.7 Å². The Balaban J connectivity index is 2.13. The number of aromatic nitrogens is 2. The highest BCUT2D eigenvalue weighted by Gasteiger charge is 2.54. The van der Waals surface area contributed by atoms with Crippen molar-refractivity contribution in [3.63, 3.8) is 0 Å². The fraction of sp³-hybridized carbons (Fsp3) is 0.200. The van der Waals surface area contributed by atoms with Gasteiger partial charge in [-0.05, 0) is 25.0 Å². The normalized spacial score (nSPS) is 15.6. The second kappa shape index (κ2) is 5.06. The lowest BCUT2D eigenvalue weighted by Crippen LogP contribution is -2.44. The van der Waals surface area contributed by atoms with Gasteiger partial charge in [0.2, 0.25) is 0 Å². The molecule has 1 aromatic heterocycles. The maximum absolute atomic E-state index is 13.5. The molecule has 4 rings (SSSR count). The van der Waals surface area contributed by atoms with Crippen LogP contribution in [0.25, 0.3) is 0 Å². The van der Waals surface area contributed by atoms with Crippen LogP contribution in [0.3, 0.4) is 0 Å². The van der Waals surface area contributed by atoms with Gasteiger partial charge in [-0.2, -0.15) is 5.10 Å². The lowest BCUT2D eigenvalue weighted by atomic mass is 9.82. The predicted molar refractivity (Wildman–Crippen MR) is 94.2 cm³/mol. The van der Waals surface area contributed by atoms with Crippen molar-refractivity contribution in [3.8, 4) is 0 Å². The first-order chi connectivity index (χ1) is 11.6. The Hall–Kier alpha value is -2.88. The Labute approximate surface area is 141 Å². The van der Waals surface area contributed by atoms with Crippen LogP contribution < -0.4 is 4.90 Å². The van der Waals surface area contributed by atoms with Crippen molar-refractivity contribution in [2.45, 2.75) is 19.4 Å². The summed E-state index contributed by atoms with van der Waals surface area (Å²) in [4.78, 5) is 15.2. The van der Waals surface area contributed by atoms with E-state index >= 15 is 0 Å². The van der Waals surface area contributed by atoms with Crippen molar-refractivity contribution in [1.29, 1.82) is 0 Å². The Bertz CT molecular complexity index is 873. The zero-order chi connectivity index (χ0) is 16.9. The molecule has 1 aliphatic rings. The highest BCUT2D eigenvalue weighted by molar-refractivity contribution is 6.07. The van der Waals surface area contributed by atoms with Gasteiger partial charge in [0.15, 0.2) is 5.54 Å². The lowest BCUT2D eigenvalue weighted by molar-refractivity contribution is -0.122. The quantitative estimate of drug-likeness (QED) is 0.727. The van der Waals surface area contributed by atoms with Gasteiger partial charge in [0.05, 0.1) is 5.69 Å². The SMILES string of the molecule is Cc1nn2c(c1C)N(C)C(=O)C2(c1ccccc1)c1ccccc1. The van der Waals surface area contributed by atoms with Crippen LogP contribution in [0, 0.1) is 13.8 Å². The molecule has 0 N–H and O–H groups in total. The van der Waals surface area contributed by atoms with E-state index in [-0.39, 0.29) is 5.91 Å². The summed E-state index contributed by atoms with van der Waals surface area (Å²) in [5.74, 6) is 0.885. The lowest BCUT2D eigenvalue weighted by Gasteiger charge is -2.29. The summed E-state index contributed by atoms with van der Waals surface area (Å²) in [6, 6.07) is 19.8. The van der Waals surface area contributed by atoms with Gasteiger partial charge in [-0.3, -0.25) is 9.69 Å². The number of hydrogen-bond acceptors (Lipinski definition) is 2. The minimum absolute atomic E-state index is 0.0190. The van der Waals surface area contributed by atoms with Crippen LogP contribution in [-0.2, 0) is 10.3 Å². The smallest absolute Gasteiger partial charge is 0.265 e. The Kier molecular flexibility index (Phi) is 3.10. The summed E-state index contributed by atoms with van der Waals surface area (Å²) >= 11 is 0. The van der Waals surface area contributed by atoms with Crippen molar-refractivity contribution in [1.82, 2.24) is 9.78 Å². The number of hydrogen-bond donors (Lipinski definition) is 0. The van der Waals surface area contributed by atoms with E-state index in [9.17, 15) is 4.79 Å². The zero-order valence-corrected chi connectivity index (χ0v) is 14.0. The first kappa shape index (κ1) is 14.7. The Morgan fingerprint density at radius 2 is 1.38 bits per heavy atom. The van der Waals surface area contributed by atoms with Crippen molar-refractivity contribution in [3.05, 3.63) is 83.0 Å². The topological polar surface area (TPSA) is 38.1 Å². The summed E-state index contributed by atoms with van der Waals surface area (Å²) in [6.45, 7) is 4.00. The van der Waals surface area contributed by atoms with Gasteiger partial charge in [-0.25, -0.2) is 4.68 Å². The molecule has 24 heavy (non-hydrogen) atoms. The van der Waals surface area contributed by atoms with Gasteiger partial charge in [-0.1, -0.05) is 60.7 Å². The number of fused-ring (bicyclic) bond motifs is 1. The molecule has 1 amide bonds. The van der Waals surface area contributed by atoms with E-state index in [2.05, 4.69) is 0 Å². The number of anilines is 1. The predicted octanol–water partition coefficient (Wildman–Crippen LogP) is 3.27. The summed E-state index contributed by atoms with van der Waals surface area (Å²) in [5, 5.41) is 4.75. The van der Waals surface area contributed by atoms with E-state index in [4.69, 9.17) is 5.10 Å². The van der Waals surface area contributed by atoms with Crippen LogP contribution in [0.4, 0.5) is 5.82 Å². The number of carbonyl (C=O) groups excluding carboxylic acids is 1. The van der Waals surface area contributed by atoms with Gasteiger partial charge in [0.1, 0.15) is 5.82 Å². The molecule has 120 valence electrons. The maximum atomic E-state index is 13.5. The number of amides is 1. The molecule has 0 unspecified atom stereocenters. The van der Waals surface area contributed by atoms with Gasteiger partial charge in [-0.15, -0.1) is 0 Å². The second-order valence-electron chi connectivity index (χ2n) is 6.25. The molecule has 0 fully saturated rings. The van der Waals surface area contributed by atoms with Crippen LogP contribution >= 0.6 is 0 Å². The minimum Gasteiger partial charge on any atom is -0.297 e. The number of nitrogens with zero attached hydrogens (tertiary/aromatic N) is 3. The molecule has 2 heterocycles. The number of carbonyl (C=O) groups is 1. The Morgan fingerprint density at radius 3 is 1.88 bits per heavy atom.